The summed E-state index contributed by atoms with van der Waals surface area (Å²) in [6.07, 6.45) is 0.223. The van der Waals surface area contributed by atoms with Crippen LogP contribution >= 0.6 is 11.3 Å². The Bertz CT molecular complexity index is 608. The topological polar surface area (TPSA) is 92.4 Å². The number of amides is 1. The van der Waals surface area contributed by atoms with E-state index in [9.17, 15) is 9.59 Å². The minimum absolute atomic E-state index is 0.0143. The van der Waals surface area contributed by atoms with Crippen molar-refractivity contribution in [2.24, 2.45) is 0 Å². The van der Waals surface area contributed by atoms with Crippen LogP contribution in [0.15, 0.2) is 35.7 Å². The van der Waals surface area contributed by atoms with Crippen molar-refractivity contribution in [3.05, 3.63) is 46.2 Å². The zero-order valence-corrected chi connectivity index (χ0v) is 10.7. The van der Waals surface area contributed by atoms with Crippen LogP contribution in [0, 0.1) is 0 Å². The summed E-state index contributed by atoms with van der Waals surface area (Å²) in [6, 6.07) is 8.08. The van der Waals surface area contributed by atoms with Gasteiger partial charge in [0.25, 0.3) is 0 Å². The van der Waals surface area contributed by atoms with Crippen molar-refractivity contribution in [3.8, 4) is 0 Å². The van der Waals surface area contributed by atoms with Gasteiger partial charge in [-0.15, -0.1) is 11.3 Å². The number of carbonyl (C=O) groups is 2. The van der Waals surface area contributed by atoms with Gasteiger partial charge in [0, 0.05) is 10.6 Å². The average molecular weight is 276 g/mol. The fourth-order valence-electron chi connectivity index (χ4n) is 1.61. The number of aromatic carboxylic acids is 1. The van der Waals surface area contributed by atoms with Gasteiger partial charge in [-0.1, -0.05) is 6.07 Å². The molecule has 0 saturated carbocycles. The molecule has 0 spiro atoms. The molecular weight excluding hydrogens is 264 g/mol. The van der Waals surface area contributed by atoms with Gasteiger partial charge in [-0.25, -0.2) is 4.79 Å². The number of anilines is 2. The molecule has 0 bridgehead atoms. The maximum absolute atomic E-state index is 11.8. The molecule has 6 heteroatoms. The van der Waals surface area contributed by atoms with Crippen molar-refractivity contribution in [2.45, 2.75) is 6.42 Å². The standard InChI is InChI=1S/C13H12N2O3S/c14-8-3-4-11(10(6-8)13(17)18)15-12(16)7-9-2-1-5-19-9/h1-6H,7,14H2,(H,15,16)(H,17,18). The summed E-state index contributed by atoms with van der Waals surface area (Å²) < 4.78 is 0. The average Bonchev–Trinajstić information content (AvgIpc) is 2.83. The number of rotatable bonds is 4. The van der Waals surface area contributed by atoms with Crippen LogP contribution in [0.3, 0.4) is 0 Å². The monoisotopic (exact) mass is 276 g/mol. The fraction of sp³-hybridized carbons (Fsp3) is 0.0769. The van der Waals surface area contributed by atoms with Crippen LogP contribution in [0.5, 0.6) is 0 Å². The Morgan fingerprint density at radius 1 is 1.32 bits per heavy atom. The van der Waals surface area contributed by atoms with Crippen molar-refractivity contribution < 1.29 is 14.7 Å². The first-order valence-electron chi connectivity index (χ1n) is 5.51. The highest BCUT2D eigenvalue weighted by atomic mass is 32.1. The summed E-state index contributed by atoms with van der Waals surface area (Å²) >= 11 is 1.48. The summed E-state index contributed by atoms with van der Waals surface area (Å²) in [5, 5.41) is 13.5. The molecule has 1 amide bonds. The lowest BCUT2D eigenvalue weighted by Crippen LogP contribution is -2.16. The number of thiophene rings is 1. The number of hydrogen-bond donors (Lipinski definition) is 3. The Labute approximate surface area is 113 Å². The van der Waals surface area contributed by atoms with Crippen molar-refractivity contribution in [2.75, 3.05) is 11.1 Å². The quantitative estimate of drug-likeness (QED) is 0.746. The number of nitrogens with two attached hydrogens (primary N) is 1. The van der Waals surface area contributed by atoms with Gasteiger partial charge < -0.3 is 16.2 Å². The highest BCUT2D eigenvalue weighted by Crippen LogP contribution is 2.19. The van der Waals surface area contributed by atoms with E-state index in [1.54, 1.807) is 6.07 Å². The molecule has 2 aromatic rings. The highest BCUT2D eigenvalue weighted by molar-refractivity contribution is 7.10. The molecule has 0 unspecified atom stereocenters. The first-order valence-corrected chi connectivity index (χ1v) is 6.39. The number of carbonyl (C=O) groups excluding carboxylic acids is 1. The second-order valence-electron chi connectivity index (χ2n) is 3.91. The van der Waals surface area contributed by atoms with E-state index in [-0.39, 0.29) is 23.6 Å². The van der Waals surface area contributed by atoms with Gasteiger partial charge in [-0.3, -0.25) is 4.79 Å². The Kier molecular flexibility index (Phi) is 3.82. The molecule has 0 aliphatic carbocycles. The highest BCUT2D eigenvalue weighted by Gasteiger charge is 2.13. The zero-order chi connectivity index (χ0) is 13.8. The maximum atomic E-state index is 11.8. The van der Waals surface area contributed by atoms with E-state index in [0.29, 0.717) is 5.69 Å². The SMILES string of the molecule is Nc1ccc(NC(=O)Cc2cccs2)c(C(=O)O)c1. The second-order valence-corrected chi connectivity index (χ2v) is 4.95. The van der Waals surface area contributed by atoms with Crippen molar-refractivity contribution in [1.29, 1.82) is 0 Å². The van der Waals surface area contributed by atoms with Crippen LogP contribution in [0.2, 0.25) is 0 Å². The number of hydrogen-bond acceptors (Lipinski definition) is 4. The van der Waals surface area contributed by atoms with Crippen LogP contribution in [0.1, 0.15) is 15.2 Å². The summed E-state index contributed by atoms with van der Waals surface area (Å²) in [5.74, 6) is -1.38. The Morgan fingerprint density at radius 2 is 2.11 bits per heavy atom. The first-order chi connectivity index (χ1) is 9.06. The predicted octanol–water partition coefficient (Wildman–Crippen LogP) is 2.21. The van der Waals surface area contributed by atoms with Crippen molar-refractivity contribution >= 4 is 34.6 Å². The molecule has 0 aliphatic rings. The van der Waals surface area contributed by atoms with E-state index in [0.717, 1.165) is 4.88 Å². The number of carboxylic acid groups (broad SMARTS) is 1. The van der Waals surface area contributed by atoms with Crippen LogP contribution in [-0.4, -0.2) is 17.0 Å². The van der Waals surface area contributed by atoms with Crippen molar-refractivity contribution in [3.63, 3.8) is 0 Å². The molecule has 2 rings (SSSR count). The molecule has 1 aromatic heterocycles. The van der Waals surface area contributed by atoms with E-state index < -0.39 is 5.97 Å². The maximum Gasteiger partial charge on any atom is 0.337 e. The fourth-order valence-corrected chi connectivity index (χ4v) is 2.32. The molecule has 0 radical (unpaired) electrons. The molecule has 19 heavy (non-hydrogen) atoms. The molecule has 5 nitrogen and oxygen atoms in total. The summed E-state index contributed by atoms with van der Waals surface area (Å²) in [5.41, 5.74) is 6.11. The van der Waals surface area contributed by atoms with Gasteiger partial charge in [0.2, 0.25) is 5.91 Å². The van der Waals surface area contributed by atoms with Gasteiger partial charge in [0.1, 0.15) is 0 Å². The molecule has 4 N–H and O–H groups in total. The Balaban J connectivity index is 2.14. The smallest absolute Gasteiger partial charge is 0.337 e. The molecule has 0 aliphatic heterocycles. The van der Waals surface area contributed by atoms with E-state index in [1.165, 1.54) is 23.5 Å². The normalized spacial score (nSPS) is 10.1. The predicted molar refractivity (Wildman–Crippen MR) is 74.5 cm³/mol. The van der Waals surface area contributed by atoms with Crippen LogP contribution in [0.25, 0.3) is 0 Å². The molecule has 98 valence electrons. The second kappa shape index (κ2) is 5.53. The van der Waals surface area contributed by atoms with Gasteiger partial charge in [0.05, 0.1) is 17.7 Å². The minimum atomic E-state index is -1.13. The van der Waals surface area contributed by atoms with Crippen LogP contribution < -0.4 is 11.1 Å². The Morgan fingerprint density at radius 3 is 2.74 bits per heavy atom. The summed E-state index contributed by atoms with van der Waals surface area (Å²) in [7, 11) is 0. The third-order valence-corrected chi connectivity index (χ3v) is 3.34. The Hall–Kier alpha value is -2.34. The van der Waals surface area contributed by atoms with Crippen LogP contribution in [0.4, 0.5) is 11.4 Å². The lowest BCUT2D eigenvalue weighted by molar-refractivity contribution is -0.115. The lowest BCUT2D eigenvalue weighted by Gasteiger charge is -2.08. The van der Waals surface area contributed by atoms with Crippen molar-refractivity contribution in [1.82, 2.24) is 0 Å². The van der Waals surface area contributed by atoms with Gasteiger partial charge in [-0.2, -0.15) is 0 Å². The third kappa shape index (κ3) is 3.32. The lowest BCUT2D eigenvalue weighted by atomic mass is 10.1. The third-order valence-electron chi connectivity index (χ3n) is 2.46. The molecular formula is C13H12N2O3S. The number of nitrogen functional groups attached to an aromatic ring is 1. The van der Waals surface area contributed by atoms with Gasteiger partial charge in [-0.05, 0) is 29.6 Å². The molecule has 1 aromatic carbocycles. The molecule has 0 atom stereocenters. The first kappa shape index (κ1) is 13.1. The van der Waals surface area contributed by atoms with E-state index in [4.69, 9.17) is 10.8 Å². The molecule has 1 heterocycles. The van der Waals surface area contributed by atoms with E-state index >= 15 is 0 Å². The number of carboxylic acids is 1. The minimum Gasteiger partial charge on any atom is -0.478 e. The van der Waals surface area contributed by atoms with Gasteiger partial charge >= 0.3 is 5.97 Å². The van der Waals surface area contributed by atoms with Gasteiger partial charge in [0.15, 0.2) is 0 Å². The molecule has 0 saturated heterocycles. The largest absolute Gasteiger partial charge is 0.478 e. The summed E-state index contributed by atoms with van der Waals surface area (Å²) in [6.45, 7) is 0. The van der Waals surface area contributed by atoms with E-state index in [1.807, 2.05) is 17.5 Å². The van der Waals surface area contributed by atoms with Crippen LogP contribution in [-0.2, 0) is 11.2 Å². The summed E-state index contributed by atoms with van der Waals surface area (Å²) in [4.78, 5) is 23.8. The number of nitrogens with one attached hydrogen (secondary N) is 1. The van der Waals surface area contributed by atoms with E-state index in [2.05, 4.69) is 5.32 Å². The molecule has 0 fully saturated rings. The zero-order valence-electron chi connectivity index (χ0n) is 9.92. The number of benzene rings is 1.